The highest BCUT2D eigenvalue weighted by molar-refractivity contribution is 6.36. The van der Waals surface area contributed by atoms with E-state index in [2.05, 4.69) is 17.1 Å². The van der Waals surface area contributed by atoms with Gasteiger partial charge in [0.1, 0.15) is 11.5 Å². The summed E-state index contributed by atoms with van der Waals surface area (Å²) in [5.74, 6) is -0.122. The molecule has 1 N–H and O–H groups in total. The van der Waals surface area contributed by atoms with Crippen molar-refractivity contribution in [3.63, 3.8) is 0 Å². The SMILES string of the molecule is C=CCc1ccccc1OCC(=O)N/N=C\c1cccc(OC(=O)c2ccc(Cl)cc2Cl)c1. The summed E-state index contributed by atoms with van der Waals surface area (Å²) < 4.78 is 10.9. The van der Waals surface area contributed by atoms with Gasteiger partial charge in [-0.15, -0.1) is 6.58 Å². The second-order valence-corrected chi connectivity index (χ2v) is 7.61. The lowest BCUT2D eigenvalue weighted by Gasteiger charge is -2.09. The third-order valence-corrected chi connectivity index (χ3v) is 4.87. The Morgan fingerprint density at radius 2 is 1.85 bits per heavy atom. The van der Waals surface area contributed by atoms with Crippen molar-refractivity contribution in [3.8, 4) is 11.5 Å². The maximum Gasteiger partial charge on any atom is 0.345 e. The molecule has 0 saturated heterocycles. The van der Waals surface area contributed by atoms with E-state index in [0.717, 1.165) is 5.56 Å². The average molecular weight is 483 g/mol. The molecule has 168 valence electrons. The Hall–Kier alpha value is -3.61. The minimum Gasteiger partial charge on any atom is -0.483 e. The van der Waals surface area contributed by atoms with Crippen molar-refractivity contribution >= 4 is 41.3 Å². The number of carbonyl (C=O) groups is 2. The summed E-state index contributed by atoms with van der Waals surface area (Å²) in [5.41, 5.74) is 4.15. The molecule has 0 fully saturated rings. The van der Waals surface area contributed by atoms with Gasteiger partial charge in [-0.2, -0.15) is 5.10 Å². The Bertz CT molecular complexity index is 1190. The number of amides is 1. The molecule has 0 bridgehead atoms. The van der Waals surface area contributed by atoms with Crippen LogP contribution in [0.15, 0.2) is 84.5 Å². The molecule has 0 aliphatic rings. The molecular formula is C25H20Cl2N2O4. The summed E-state index contributed by atoms with van der Waals surface area (Å²) in [7, 11) is 0. The van der Waals surface area contributed by atoms with Gasteiger partial charge in [0, 0.05) is 5.02 Å². The fourth-order valence-corrected chi connectivity index (χ4v) is 3.28. The van der Waals surface area contributed by atoms with Crippen LogP contribution in [-0.4, -0.2) is 24.7 Å². The molecule has 0 aliphatic heterocycles. The van der Waals surface area contributed by atoms with Gasteiger partial charge in [0.05, 0.1) is 16.8 Å². The van der Waals surface area contributed by atoms with Crippen LogP contribution in [0.3, 0.4) is 0 Å². The zero-order chi connectivity index (χ0) is 23.6. The highest BCUT2D eigenvalue weighted by Gasteiger charge is 2.13. The van der Waals surface area contributed by atoms with Gasteiger partial charge < -0.3 is 9.47 Å². The number of benzene rings is 3. The zero-order valence-corrected chi connectivity index (χ0v) is 19.0. The van der Waals surface area contributed by atoms with Gasteiger partial charge in [-0.3, -0.25) is 4.79 Å². The van der Waals surface area contributed by atoms with E-state index < -0.39 is 11.9 Å². The van der Waals surface area contributed by atoms with Gasteiger partial charge in [0.2, 0.25) is 0 Å². The minimum absolute atomic E-state index is 0.189. The van der Waals surface area contributed by atoms with Crippen LogP contribution < -0.4 is 14.9 Å². The number of carbonyl (C=O) groups excluding carboxylic acids is 2. The molecule has 33 heavy (non-hydrogen) atoms. The van der Waals surface area contributed by atoms with Crippen LogP contribution >= 0.6 is 23.2 Å². The van der Waals surface area contributed by atoms with Crippen LogP contribution in [0.25, 0.3) is 0 Å². The monoisotopic (exact) mass is 482 g/mol. The van der Waals surface area contributed by atoms with Gasteiger partial charge in [0.25, 0.3) is 5.91 Å². The Kier molecular flexibility index (Phi) is 8.63. The number of hydrazone groups is 1. The second-order valence-electron chi connectivity index (χ2n) is 6.77. The zero-order valence-electron chi connectivity index (χ0n) is 17.5. The highest BCUT2D eigenvalue weighted by atomic mass is 35.5. The van der Waals surface area contributed by atoms with E-state index in [1.54, 1.807) is 42.5 Å². The lowest BCUT2D eigenvalue weighted by Crippen LogP contribution is -2.24. The van der Waals surface area contributed by atoms with E-state index in [1.165, 1.54) is 18.3 Å². The third kappa shape index (κ3) is 7.20. The van der Waals surface area contributed by atoms with E-state index in [9.17, 15) is 9.59 Å². The van der Waals surface area contributed by atoms with Crippen LogP contribution in [0.5, 0.6) is 11.5 Å². The number of allylic oxidation sites excluding steroid dienone is 1. The quantitative estimate of drug-likeness (QED) is 0.144. The van der Waals surface area contributed by atoms with Crippen LogP contribution in [0.2, 0.25) is 10.0 Å². The summed E-state index contributed by atoms with van der Waals surface area (Å²) >= 11 is 11.9. The van der Waals surface area contributed by atoms with Gasteiger partial charge in [0.15, 0.2) is 6.61 Å². The summed E-state index contributed by atoms with van der Waals surface area (Å²) in [4.78, 5) is 24.4. The van der Waals surface area contributed by atoms with Gasteiger partial charge in [-0.05, 0) is 53.9 Å². The van der Waals surface area contributed by atoms with Crippen molar-refractivity contribution < 1.29 is 19.1 Å². The predicted molar refractivity (Wildman–Crippen MR) is 129 cm³/mol. The largest absolute Gasteiger partial charge is 0.483 e. The number of ether oxygens (including phenoxy) is 2. The van der Waals surface area contributed by atoms with Crippen molar-refractivity contribution in [2.75, 3.05) is 6.61 Å². The Balaban J connectivity index is 1.54. The average Bonchev–Trinajstić information content (AvgIpc) is 2.79. The number of nitrogens with zero attached hydrogens (tertiary/aromatic N) is 1. The van der Waals surface area contributed by atoms with E-state index in [4.69, 9.17) is 32.7 Å². The normalized spacial score (nSPS) is 10.6. The van der Waals surface area contributed by atoms with Gasteiger partial charge in [-0.1, -0.05) is 59.6 Å². The van der Waals surface area contributed by atoms with E-state index in [1.807, 2.05) is 18.2 Å². The van der Waals surface area contributed by atoms with Gasteiger partial charge >= 0.3 is 5.97 Å². The Labute approximate surface area is 201 Å². The van der Waals surface area contributed by atoms with Gasteiger partial charge in [-0.25, -0.2) is 10.2 Å². The van der Waals surface area contributed by atoms with E-state index in [0.29, 0.717) is 28.5 Å². The molecule has 0 aliphatic carbocycles. The van der Waals surface area contributed by atoms with Crippen LogP contribution in [0, 0.1) is 0 Å². The van der Waals surface area contributed by atoms with Crippen molar-refractivity contribution in [3.05, 3.63) is 106 Å². The van der Waals surface area contributed by atoms with Crippen LogP contribution in [-0.2, 0) is 11.2 Å². The molecule has 3 aromatic rings. The van der Waals surface area contributed by atoms with Crippen molar-refractivity contribution in [1.82, 2.24) is 5.43 Å². The Morgan fingerprint density at radius 3 is 2.64 bits per heavy atom. The highest BCUT2D eigenvalue weighted by Crippen LogP contribution is 2.23. The predicted octanol–water partition coefficient (Wildman–Crippen LogP) is 5.47. The maximum atomic E-state index is 12.4. The smallest absolute Gasteiger partial charge is 0.345 e. The first-order valence-electron chi connectivity index (χ1n) is 9.87. The van der Waals surface area contributed by atoms with Crippen molar-refractivity contribution in [2.24, 2.45) is 5.10 Å². The molecule has 0 aromatic heterocycles. The molecular weight excluding hydrogens is 463 g/mol. The molecule has 0 radical (unpaired) electrons. The summed E-state index contributed by atoms with van der Waals surface area (Å²) in [6.45, 7) is 3.52. The Morgan fingerprint density at radius 1 is 1.03 bits per heavy atom. The van der Waals surface area contributed by atoms with Crippen molar-refractivity contribution in [1.29, 1.82) is 0 Å². The fraction of sp³-hybridized carbons (Fsp3) is 0.0800. The molecule has 8 heteroatoms. The first-order chi connectivity index (χ1) is 16.0. The summed E-state index contributed by atoms with van der Waals surface area (Å²) in [5, 5.41) is 4.53. The number of rotatable bonds is 9. The topological polar surface area (TPSA) is 77.0 Å². The minimum atomic E-state index is -0.618. The van der Waals surface area contributed by atoms with Crippen LogP contribution in [0.4, 0.5) is 0 Å². The number of para-hydroxylation sites is 1. The molecule has 3 rings (SSSR count). The molecule has 0 spiro atoms. The second kappa shape index (κ2) is 11.9. The summed E-state index contributed by atoms with van der Waals surface area (Å²) in [6, 6.07) is 18.6. The van der Waals surface area contributed by atoms with Crippen LogP contribution in [0.1, 0.15) is 21.5 Å². The van der Waals surface area contributed by atoms with E-state index >= 15 is 0 Å². The lowest BCUT2D eigenvalue weighted by molar-refractivity contribution is -0.123. The standard InChI is InChI=1S/C25H20Cl2N2O4/c1-2-6-18-8-3-4-10-23(18)32-16-24(30)29-28-15-17-7-5-9-20(13-17)33-25(31)21-12-11-19(26)14-22(21)27/h2-5,7-15H,1,6,16H2,(H,29,30)/b28-15-. The fourth-order valence-electron chi connectivity index (χ4n) is 2.80. The number of hydrogen-bond donors (Lipinski definition) is 1. The molecule has 0 atom stereocenters. The third-order valence-electron chi connectivity index (χ3n) is 4.32. The number of nitrogens with one attached hydrogen (secondary N) is 1. The molecule has 1 amide bonds. The number of halogens is 2. The lowest BCUT2D eigenvalue weighted by atomic mass is 10.1. The first-order valence-corrected chi connectivity index (χ1v) is 10.6. The molecule has 0 saturated carbocycles. The van der Waals surface area contributed by atoms with Crippen molar-refractivity contribution in [2.45, 2.75) is 6.42 Å². The number of esters is 1. The molecule has 0 heterocycles. The molecule has 0 unspecified atom stereocenters. The first kappa shape index (κ1) is 24.0. The number of hydrogen-bond acceptors (Lipinski definition) is 5. The maximum absolute atomic E-state index is 12.4. The molecule has 6 nitrogen and oxygen atoms in total. The van der Waals surface area contributed by atoms with E-state index in [-0.39, 0.29) is 17.2 Å². The summed E-state index contributed by atoms with van der Waals surface area (Å²) in [6.07, 6.45) is 3.83. The molecule has 3 aromatic carbocycles.